The van der Waals surface area contributed by atoms with Gasteiger partial charge in [0.05, 0.1) is 0 Å². The average molecular weight is 226 g/mol. The third kappa shape index (κ3) is 4.12. The van der Waals surface area contributed by atoms with E-state index in [0.29, 0.717) is 17.2 Å². The molecule has 0 aliphatic carbocycles. The highest BCUT2D eigenvalue weighted by molar-refractivity contribution is 5.42. The maximum atomic E-state index is 5.25. The molecule has 0 aromatic heterocycles. The molecule has 0 saturated carbocycles. The number of terminal acetylenes is 3. The average Bonchev–Trinajstić information content (AvgIpc) is 2.34. The molecule has 3 heteroatoms. The number of ether oxygens (including phenoxy) is 3. The second-order valence-corrected chi connectivity index (χ2v) is 2.85. The van der Waals surface area contributed by atoms with Gasteiger partial charge >= 0.3 is 0 Å². The highest BCUT2D eigenvalue weighted by Crippen LogP contribution is 2.27. The van der Waals surface area contributed by atoms with E-state index in [-0.39, 0.29) is 13.2 Å². The molecule has 0 saturated heterocycles. The van der Waals surface area contributed by atoms with Crippen LogP contribution in [0.4, 0.5) is 0 Å². The number of hydrogen-bond acceptors (Lipinski definition) is 3. The van der Waals surface area contributed by atoms with Gasteiger partial charge in [0.15, 0.2) is 0 Å². The van der Waals surface area contributed by atoms with E-state index in [2.05, 4.69) is 17.9 Å². The van der Waals surface area contributed by atoms with Gasteiger partial charge in [-0.05, 0) is 0 Å². The standard InChI is InChI=1S/C14H10O3/c1-4-7-16-13-9-12(15-6-3)10-14(11-13)17-8-5-2/h1-3,9-11H,7-8H2. The van der Waals surface area contributed by atoms with Crippen molar-refractivity contribution < 1.29 is 14.2 Å². The van der Waals surface area contributed by atoms with Crippen molar-refractivity contribution in [1.82, 2.24) is 0 Å². The zero-order valence-corrected chi connectivity index (χ0v) is 9.10. The van der Waals surface area contributed by atoms with Crippen LogP contribution < -0.4 is 14.2 Å². The number of hydrogen-bond donors (Lipinski definition) is 0. The second-order valence-electron chi connectivity index (χ2n) is 2.85. The first kappa shape index (κ1) is 12.4. The van der Waals surface area contributed by atoms with Crippen molar-refractivity contribution in [2.45, 2.75) is 0 Å². The van der Waals surface area contributed by atoms with E-state index in [1.807, 2.05) is 0 Å². The third-order valence-electron chi connectivity index (χ3n) is 1.67. The van der Waals surface area contributed by atoms with Crippen molar-refractivity contribution in [3.63, 3.8) is 0 Å². The Bertz CT molecular complexity index is 461. The van der Waals surface area contributed by atoms with Crippen LogP contribution >= 0.6 is 0 Å². The van der Waals surface area contributed by atoms with Gasteiger partial charge < -0.3 is 14.2 Å². The topological polar surface area (TPSA) is 27.7 Å². The van der Waals surface area contributed by atoms with Crippen LogP contribution in [-0.2, 0) is 0 Å². The van der Waals surface area contributed by atoms with E-state index in [4.69, 9.17) is 33.5 Å². The molecule has 17 heavy (non-hydrogen) atoms. The highest BCUT2D eigenvalue weighted by Gasteiger charge is 2.03. The van der Waals surface area contributed by atoms with E-state index in [1.165, 1.54) is 0 Å². The minimum absolute atomic E-state index is 0.147. The molecule has 0 N–H and O–H groups in total. The van der Waals surface area contributed by atoms with Crippen LogP contribution in [0.25, 0.3) is 0 Å². The van der Waals surface area contributed by atoms with Gasteiger partial charge in [-0.25, -0.2) is 0 Å². The molecule has 0 unspecified atom stereocenters. The number of benzene rings is 1. The van der Waals surface area contributed by atoms with Crippen LogP contribution in [-0.4, -0.2) is 13.2 Å². The van der Waals surface area contributed by atoms with Crippen LogP contribution in [0.2, 0.25) is 0 Å². The Kier molecular flexibility index (Phi) is 4.89. The maximum absolute atomic E-state index is 5.25. The fourth-order valence-corrected chi connectivity index (χ4v) is 1.09. The fraction of sp³-hybridized carbons (Fsp3) is 0.143. The lowest BCUT2D eigenvalue weighted by molar-refractivity contribution is 0.348. The minimum atomic E-state index is 0.147. The molecule has 0 fully saturated rings. The van der Waals surface area contributed by atoms with E-state index in [9.17, 15) is 0 Å². The van der Waals surface area contributed by atoms with E-state index in [0.717, 1.165) is 0 Å². The zero-order valence-electron chi connectivity index (χ0n) is 9.10. The van der Waals surface area contributed by atoms with Gasteiger partial charge in [0.2, 0.25) is 0 Å². The minimum Gasteiger partial charge on any atom is -0.481 e. The van der Waals surface area contributed by atoms with E-state index < -0.39 is 0 Å². The molecule has 3 nitrogen and oxygen atoms in total. The van der Waals surface area contributed by atoms with Crippen molar-refractivity contribution in [1.29, 1.82) is 0 Å². The monoisotopic (exact) mass is 226 g/mol. The molecule has 1 aromatic rings. The second kappa shape index (κ2) is 6.72. The van der Waals surface area contributed by atoms with E-state index >= 15 is 0 Å². The number of rotatable bonds is 5. The van der Waals surface area contributed by atoms with Crippen LogP contribution in [0.3, 0.4) is 0 Å². The normalized spacial score (nSPS) is 8.29. The molecule has 0 atom stereocenters. The fourth-order valence-electron chi connectivity index (χ4n) is 1.09. The van der Waals surface area contributed by atoms with Crippen molar-refractivity contribution in [2.75, 3.05) is 13.2 Å². The molecule has 84 valence electrons. The Morgan fingerprint density at radius 2 is 1.29 bits per heavy atom. The summed E-state index contributed by atoms with van der Waals surface area (Å²) >= 11 is 0. The SMILES string of the molecule is C#CCOc1cc(OC#C)cc(OCC#C)c1. The van der Waals surface area contributed by atoms with Gasteiger partial charge in [0.1, 0.15) is 36.6 Å². The first-order chi connectivity index (χ1) is 8.30. The van der Waals surface area contributed by atoms with Crippen LogP contribution in [0.5, 0.6) is 17.2 Å². The molecule has 1 aromatic carbocycles. The van der Waals surface area contributed by atoms with Gasteiger partial charge in [0, 0.05) is 18.2 Å². The summed E-state index contributed by atoms with van der Waals surface area (Å²) in [5.41, 5.74) is 0. The van der Waals surface area contributed by atoms with Crippen LogP contribution in [0, 0.1) is 37.2 Å². The molecular formula is C14H10O3. The van der Waals surface area contributed by atoms with Crippen molar-refractivity contribution >= 4 is 0 Å². The highest BCUT2D eigenvalue weighted by atomic mass is 16.5. The summed E-state index contributed by atoms with van der Waals surface area (Å²) in [6.07, 6.45) is 17.3. The predicted molar refractivity (Wildman–Crippen MR) is 64.6 cm³/mol. The lowest BCUT2D eigenvalue weighted by atomic mass is 10.3. The van der Waals surface area contributed by atoms with Crippen molar-refractivity contribution in [3.8, 4) is 54.5 Å². The Morgan fingerprint density at radius 3 is 1.71 bits per heavy atom. The molecule has 0 heterocycles. The van der Waals surface area contributed by atoms with Gasteiger partial charge in [-0.15, -0.1) is 12.8 Å². The Morgan fingerprint density at radius 1 is 0.824 bits per heavy atom. The Hall–Kier alpha value is -2.70. The van der Waals surface area contributed by atoms with Crippen molar-refractivity contribution in [3.05, 3.63) is 18.2 Å². The smallest absolute Gasteiger partial charge is 0.148 e. The summed E-state index contributed by atoms with van der Waals surface area (Å²) in [5.74, 6) is 6.14. The summed E-state index contributed by atoms with van der Waals surface area (Å²) in [6, 6.07) is 4.87. The molecule has 0 aliphatic rings. The maximum Gasteiger partial charge on any atom is 0.148 e. The summed E-state index contributed by atoms with van der Waals surface area (Å²) in [6.45, 7) is 0.294. The van der Waals surface area contributed by atoms with Gasteiger partial charge in [-0.1, -0.05) is 18.3 Å². The van der Waals surface area contributed by atoms with Gasteiger partial charge in [-0.2, -0.15) is 0 Å². The lowest BCUT2D eigenvalue weighted by Crippen LogP contribution is -1.97. The summed E-state index contributed by atoms with van der Waals surface area (Å²) in [4.78, 5) is 0. The zero-order chi connectivity index (χ0) is 12.5. The predicted octanol–water partition coefficient (Wildman–Crippen LogP) is 1.68. The van der Waals surface area contributed by atoms with Crippen LogP contribution in [0.15, 0.2) is 18.2 Å². The molecule has 1 rings (SSSR count). The van der Waals surface area contributed by atoms with E-state index in [1.54, 1.807) is 18.2 Å². The molecule has 0 radical (unpaired) electrons. The Labute approximate surface area is 101 Å². The first-order valence-electron chi connectivity index (χ1n) is 4.70. The van der Waals surface area contributed by atoms with Gasteiger partial charge in [-0.3, -0.25) is 0 Å². The summed E-state index contributed by atoms with van der Waals surface area (Å²) in [5, 5.41) is 0. The van der Waals surface area contributed by atoms with Crippen LogP contribution in [0.1, 0.15) is 0 Å². The lowest BCUT2D eigenvalue weighted by Gasteiger charge is -2.08. The quantitative estimate of drug-likeness (QED) is 0.715. The molecule has 0 spiro atoms. The molecule has 0 amide bonds. The third-order valence-corrected chi connectivity index (χ3v) is 1.67. The molecule has 0 aliphatic heterocycles. The van der Waals surface area contributed by atoms with Crippen molar-refractivity contribution in [2.24, 2.45) is 0 Å². The summed E-state index contributed by atoms with van der Waals surface area (Å²) in [7, 11) is 0. The Balaban J connectivity index is 2.90. The molecular weight excluding hydrogens is 216 g/mol. The van der Waals surface area contributed by atoms with Gasteiger partial charge in [0.25, 0.3) is 0 Å². The largest absolute Gasteiger partial charge is 0.481 e. The summed E-state index contributed by atoms with van der Waals surface area (Å²) < 4.78 is 15.4. The molecule has 0 bridgehead atoms. The first-order valence-corrected chi connectivity index (χ1v) is 4.70.